The van der Waals surface area contributed by atoms with E-state index in [0.717, 1.165) is 5.56 Å². The Balaban J connectivity index is 2.36. The molecule has 0 atom stereocenters. The van der Waals surface area contributed by atoms with Gasteiger partial charge in [0.2, 0.25) is 0 Å². The lowest BCUT2D eigenvalue weighted by atomic mass is 10.1. The van der Waals surface area contributed by atoms with Gasteiger partial charge in [-0.3, -0.25) is 0 Å². The van der Waals surface area contributed by atoms with Crippen LogP contribution in [0, 0.1) is 0 Å². The molecular weight excluding hydrogens is 320 g/mol. The third-order valence-electron chi connectivity index (χ3n) is 3.35. The molecule has 0 aliphatic carbocycles. The summed E-state index contributed by atoms with van der Waals surface area (Å²) >= 11 is 0. The number of benzene rings is 2. The summed E-state index contributed by atoms with van der Waals surface area (Å²) in [5.74, 6) is 0.461. The largest absolute Gasteiger partial charge is 0.493 e. The van der Waals surface area contributed by atoms with E-state index in [-0.39, 0.29) is 0 Å². The van der Waals surface area contributed by atoms with Crippen molar-refractivity contribution in [3.63, 3.8) is 0 Å². The van der Waals surface area contributed by atoms with Crippen LogP contribution in [0.25, 0.3) is 0 Å². The van der Waals surface area contributed by atoms with E-state index in [0.29, 0.717) is 29.4 Å². The van der Waals surface area contributed by atoms with Crippen LogP contribution < -0.4 is 9.47 Å². The Morgan fingerprint density at radius 3 is 2.44 bits per heavy atom. The first-order chi connectivity index (χ1) is 12.0. The summed E-state index contributed by atoms with van der Waals surface area (Å²) in [6, 6.07) is 13.0. The molecule has 0 fully saturated rings. The van der Waals surface area contributed by atoms with Crippen molar-refractivity contribution < 1.29 is 19.0 Å². The van der Waals surface area contributed by atoms with Gasteiger partial charge < -0.3 is 19.1 Å². The van der Waals surface area contributed by atoms with Gasteiger partial charge in [0.1, 0.15) is 6.61 Å². The molecule has 132 valence electrons. The predicted octanol–water partition coefficient (Wildman–Crippen LogP) is 3.28. The third-order valence-corrected chi connectivity index (χ3v) is 3.35. The van der Waals surface area contributed by atoms with Crippen molar-refractivity contribution >= 4 is 18.0 Å². The Morgan fingerprint density at radius 2 is 1.84 bits per heavy atom. The Hall–Kier alpha value is -3.02. The molecule has 2 aromatic rings. The zero-order chi connectivity index (χ0) is 18.2. The van der Waals surface area contributed by atoms with Crippen molar-refractivity contribution in [3.05, 3.63) is 53.6 Å². The van der Waals surface area contributed by atoms with E-state index in [2.05, 4.69) is 4.99 Å². The highest BCUT2D eigenvalue weighted by molar-refractivity contribution is 5.96. The van der Waals surface area contributed by atoms with E-state index in [1.54, 1.807) is 30.5 Å². The summed E-state index contributed by atoms with van der Waals surface area (Å²) in [4.78, 5) is 18.2. The highest BCUT2D eigenvalue weighted by Gasteiger charge is 2.17. The first-order valence-electron chi connectivity index (χ1n) is 7.73. The van der Waals surface area contributed by atoms with Crippen molar-refractivity contribution in [2.45, 2.75) is 6.61 Å². The van der Waals surface area contributed by atoms with E-state index in [1.165, 1.54) is 7.11 Å². The van der Waals surface area contributed by atoms with Gasteiger partial charge in [0.05, 0.1) is 31.8 Å². The molecule has 0 aliphatic rings. The summed E-state index contributed by atoms with van der Waals surface area (Å²) < 4.78 is 16.1. The number of hydrogen-bond donors (Lipinski definition) is 0. The molecule has 0 amide bonds. The van der Waals surface area contributed by atoms with Crippen molar-refractivity contribution in [1.82, 2.24) is 4.90 Å². The average molecular weight is 342 g/mol. The minimum atomic E-state index is -0.488. The number of esters is 1. The minimum absolute atomic E-state index is 0.310. The molecule has 0 saturated carbocycles. The molecule has 0 saturated heterocycles. The van der Waals surface area contributed by atoms with E-state index in [1.807, 2.05) is 44.4 Å². The fraction of sp³-hybridized carbons (Fsp3) is 0.263. The maximum absolute atomic E-state index is 12.1. The Kier molecular flexibility index (Phi) is 6.39. The van der Waals surface area contributed by atoms with Crippen LogP contribution in [0.1, 0.15) is 15.9 Å². The quantitative estimate of drug-likeness (QED) is 0.439. The Morgan fingerprint density at radius 1 is 1.12 bits per heavy atom. The van der Waals surface area contributed by atoms with Gasteiger partial charge in [0, 0.05) is 26.2 Å². The number of carbonyl (C=O) groups is 1. The summed E-state index contributed by atoms with van der Waals surface area (Å²) in [6.07, 6.45) is 1.60. The number of methoxy groups -OCH3 is 2. The van der Waals surface area contributed by atoms with Crippen molar-refractivity contribution in [2.24, 2.45) is 4.99 Å². The van der Waals surface area contributed by atoms with Gasteiger partial charge in [-0.25, -0.2) is 9.79 Å². The number of rotatable bonds is 7. The van der Waals surface area contributed by atoms with Crippen molar-refractivity contribution in [1.29, 1.82) is 0 Å². The third kappa shape index (κ3) is 4.97. The lowest BCUT2D eigenvalue weighted by molar-refractivity contribution is 0.0601. The van der Waals surface area contributed by atoms with E-state index in [4.69, 9.17) is 14.2 Å². The van der Waals surface area contributed by atoms with Gasteiger partial charge in [-0.15, -0.1) is 0 Å². The zero-order valence-electron chi connectivity index (χ0n) is 14.9. The molecule has 0 radical (unpaired) electrons. The molecule has 6 nitrogen and oxygen atoms in total. The molecule has 25 heavy (non-hydrogen) atoms. The van der Waals surface area contributed by atoms with Crippen LogP contribution in [0.2, 0.25) is 0 Å². The van der Waals surface area contributed by atoms with Crippen LogP contribution in [-0.4, -0.2) is 45.5 Å². The zero-order valence-corrected chi connectivity index (χ0v) is 14.9. The molecule has 0 heterocycles. The van der Waals surface area contributed by atoms with Crippen molar-refractivity contribution in [2.75, 3.05) is 28.3 Å². The monoisotopic (exact) mass is 342 g/mol. The fourth-order valence-corrected chi connectivity index (χ4v) is 2.11. The second-order valence-corrected chi connectivity index (χ2v) is 5.49. The SMILES string of the molecule is COC(=O)c1cc(OCc2ccccc2)c(OC)cc1/N=C/N(C)C. The standard InChI is InChI=1S/C19H22N2O4/c1-21(2)13-20-16-11-17(23-3)18(10-15(16)19(22)24-4)25-12-14-8-6-5-7-9-14/h5-11,13H,12H2,1-4H3/b20-13+. The predicted molar refractivity (Wildman–Crippen MR) is 96.9 cm³/mol. The van der Waals surface area contributed by atoms with Crippen LogP contribution in [0.4, 0.5) is 5.69 Å². The first-order valence-corrected chi connectivity index (χ1v) is 7.73. The highest BCUT2D eigenvalue weighted by Crippen LogP contribution is 2.35. The minimum Gasteiger partial charge on any atom is -0.493 e. The molecule has 0 bridgehead atoms. The topological polar surface area (TPSA) is 60.4 Å². The van der Waals surface area contributed by atoms with E-state index >= 15 is 0 Å². The van der Waals surface area contributed by atoms with Gasteiger partial charge in [-0.1, -0.05) is 30.3 Å². The second-order valence-electron chi connectivity index (χ2n) is 5.49. The highest BCUT2D eigenvalue weighted by atomic mass is 16.5. The smallest absolute Gasteiger partial charge is 0.340 e. The lowest BCUT2D eigenvalue weighted by Crippen LogP contribution is -2.08. The summed E-state index contributed by atoms with van der Waals surface area (Å²) in [7, 11) is 6.56. The van der Waals surface area contributed by atoms with Crippen LogP contribution in [0.15, 0.2) is 47.5 Å². The summed E-state index contributed by atoms with van der Waals surface area (Å²) in [5, 5.41) is 0. The van der Waals surface area contributed by atoms with Gasteiger partial charge in [0.25, 0.3) is 0 Å². The van der Waals surface area contributed by atoms with Crippen LogP contribution in [0.3, 0.4) is 0 Å². The Labute approximate surface area is 147 Å². The molecule has 0 unspecified atom stereocenters. The molecule has 0 aliphatic heterocycles. The fourth-order valence-electron chi connectivity index (χ4n) is 2.11. The molecule has 2 aromatic carbocycles. The van der Waals surface area contributed by atoms with Gasteiger partial charge in [-0.05, 0) is 5.56 Å². The normalized spacial score (nSPS) is 10.6. The number of nitrogens with zero attached hydrogens (tertiary/aromatic N) is 2. The van der Waals surface area contributed by atoms with Crippen molar-refractivity contribution in [3.8, 4) is 11.5 Å². The summed E-state index contributed by atoms with van der Waals surface area (Å²) in [6.45, 7) is 0.359. The maximum atomic E-state index is 12.1. The molecular formula is C19H22N2O4. The molecule has 2 rings (SSSR count). The van der Waals surface area contributed by atoms with E-state index < -0.39 is 5.97 Å². The summed E-state index contributed by atoms with van der Waals surface area (Å²) in [5.41, 5.74) is 1.77. The van der Waals surface area contributed by atoms with Crippen LogP contribution in [0.5, 0.6) is 11.5 Å². The molecule has 0 aromatic heterocycles. The molecule has 0 N–H and O–H groups in total. The second kappa shape index (κ2) is 8.73. The van der Waals surface area contributed by atoms with Gasteiger partial charge in [-0.2, -0.15) is 0 Å². The molecule has 6 heteroatoms. The Bertz CT molecular complexity index is 743. The number of carbonyl (C=O) groups excluding carboxylic acids is 1. The molecule has 0 spiro atoms. The van der Waals surface area contributed by atoms with Gasteiger partial charge >= 0.3 is 5.97 Å². The van der Waals surface area contributed by atoms with Gasteiger partial charge in [0.15, 0.2) is 11.5 Å². The van der Waals surface area contributed by atoms with E-state index in [9.17, 15) is 4.79 Å². The lowest BCUT2D eigenvalue weighted by Gasteiger charge is -2.14. The average Bonchev–Trinajstić information content (AvgIpc) is 2.64. The number of aliphatic imine (C=N–C) groups is 1. The first kappa shape index (κ1) is 18.3. The maximum Gasteiger partial charge on any atom is 0.340 e. The van der Waals surface area contributed by atoms with Crippen LogP contribution in [-0.2, 0) is 11.3 Å². The number of hydrogen-bond acceptors (Lipinski definition) is 5. The van der Waals surface area contributed by atoms with Crippen LogP contribution >= 0.6 is 0 Å². The number of ether oxygens (including phenoxy) is 3.